The number of rotatable bonds is 4. The lowest BCUT2D eigenvalue weighted by atomic mass is 10.0. The summed E-state index contributed by atoms with van der Waals surface area (Å²) in [6, 6.07) is 0. The zero-order chi connectivity index (χ0) is 11.8. The zero-order valence-corrected chi connectivity index (χ0v) is 12.6. The molecule has 1 rings (SSSR count). The van der Waals surface area contributed by atoms with Crippen LogP contribution in [0.5, 0.6) is 0 Å². The minimum atomic E-state index is 0. The van der Waals surface area contributed by atoms with Gasteiger partial charge in [-0.2, -0.15) is 0 Å². The van der Waals surface area contributed by atoms with Crippen LogP contribution >= 0.6 is 0 Å². The van der Waals surface area contributed by atoms with Gasteiger partial charge in [-0.15, -0.1) is 0 Å². The molecule has 0 atom stereocenters. The Morgan fingerprint density at radius 1 is 0.765 bits per heavy atom. The first-order valence-electron chi connectivity index (χ1n) is 7.06. The zero-order valence-electron chi connectivity index (χ0n) is 12.6. The Morgan fingerprint density at radius 3 is 1.35 bits per heavy atom. The van der Waals surface area contributed by atoms with Gasteiger partial charge in [-0.05, 0) is 20.0 Å². The fraction of sp³-hybridized carbons (Fsp3) is 1.00. The van der Waals surface area contributed by atoms with Crippen molar-refractivity contribution < 1.29 is 11.0 Å². The summed E-state index contributed by atoms with van der Waals surface area (Å²) in [5.74, 6) is 0. The van der Waals surface area contributed by atoms with Crippen LogP contribution in [0.2, 0.25) is 0 Å². The SMILES string of the molecule is C1CCCCC1.CC.CCCCCNC.O.O. The second kappa shape index (κ2) is 29.7. The lowest BCUT2D eigenvalue weighted by Crippen LogP contribution is -2.06. The van der Waals surface area contributed by atoms with Crippen molar-refractivity contribution in [3.8, 4) is 0 Å². The van der Waals surface area contributed by atoms with Crippen molar-refractivity contribution in [1.82, 2.24) is 5.32 Å². The van der Waals surface area contributed by atoms with E-state index in [1.165, 1.54) is 64.3 Å². The smallest absolute Gasteiger partial charge is 0.00519 e. The third-order valence-electron chi connectivity index (χ3n) is 2.53. The van der Waals surface area contributed by atoms with E-state index in [4.69, 9.17) is 0 Å². The predicted octanol–water partition coefficient (Wildman–Crippen LogP) is 3.11. The predicted molar refractivity (Wildman–Crippen MR) is 79.7 cm³/mol. The topological polar surface area (TPSA) is 75.0 Å². The second-order valence-electron chi connectivity index (χ2n) is 3.93. The molecule has 0 radical (unpaired) electrons. The van der Waals surface area contributed by atoms with Gasteiger partial charge in [-0.3, -0.25) is 0 Å². The van der Waals surface area contributed by atoms with E-state index in [1.807, 2.05) is 20.9 Å². The first-order valence-corrected chi connectivity index (χ1v) is 7.06. The van der Waals surface area contributed by atoms with E-state index in [0.717, 1.165) is 0 Å². The highest BCUT2D eigenvalue weighted by Crippen LogP contribution is 2.15. The third kappa shape index (κ3) is 31.3. The Labute approximate surface area is 109 Å². The van der Waals surface area contributed by atoms with E-state index in [1.54, 1.807) is 0 Å². The maximum atomic E-state index is 3.10. The minimum absolute atomic E-state index is 0. The Balaban J connectivity index is -0.0000000788. The van der Waals surface area contributed by atoms with Gasteiger partial charge in [-0.25, -0.2) is 0 Å². The number of unbranched alkanes of at least 4 members (excludes halogenated alkanes) is 2. The molecule has 3 heteroatoms. The van der Waals surface area contributed by atoms with Crippen LogP contribution in [0.25, 0.3) is 0 Å². The second-order valence-corrected chi connectivity index (χ2v) is 3.93. The summed E-state index contributed by atoms with van der Waals surface area (Å²) in [6.07, 6.45) is 13.0. The van der Waals surface area contributed by atoms with Crippen LogP contribution < -0.4 is 5.32 Å². The van der Waals surface area contributed by atoms with Crippen LogP contribution in [0.1, 0.15) is 78.6 Å². The Morgan fingerprint density at radius 2 is 1.12 bits per heavy atom. The summed E-state index contributed by atoms with van der Waals surface area (Å²) >= 11 is 0. The van der Waals surface area contributed by atoms with Gasteiger partial charge < -0.3 is 16.3 Å². The molecule has 0 unspecified atom stereocenters. The highest BCUT2D eigenvalue weighted by Gasteiger charge is 1.95. The molecule has 3 nitrogen and oxygen atoms in total. The molecule has 0 aromatic carbocycles. The van der Waals surface area contributed by atoms with Crippen LogP contribution in [0.3, 0.4) is 0 Å². The van der Waals surface area contributed by atoms with Crippen molar-refractivity contribution in [2.75, 3.05) is 13.6 Å². The molecule has 0 heterocycles. The molecule has 1 fully saturated rings. The van der Waals surface area contributed by atoms with Crippen molar-refractivity contribution in [1.29, 1.82) is 0 Å². The normalized spacial score (nSPS) is 12.7. The molecule has 1 saturated carbocycles. The lowest BCUT2D eigenvalue weighted by Gasteiger charge is -2.05. The van der Waals surface area contributed by atoms with Crippen molar-refractivity contribution in [2.24, 2.45) is 0 Å². The van der Waals surface area contributed by atoms with Crippen molar-refractivity contribution >= 4 is 0 Å². The molecular formula is C14H37NO2. The summed E-state index contributed by atoms with van der Waals surface area (Å²) in [5, 5.41) is 3.10. The third-order valence-corrected chi connectivity index (χ3v) is 2.53. The summed E-state index contributed by atoms with van der Waals surface area (Å²) in [7, 11) is 2.00. The van der Waals surface area contributed by atoms with Crippen LogP contribution in [0.15, 0.2) is 0 Å². The summed E-state index contributed by atoms with van der Waals surface area (Å²) in [6.45, 7) is 7.39. The van der Waals surface area contributed by atoms with Crippen molar-refractivity contribution in [3.05, 3.63) is 0 Å². The van der Waals surface area contributed by atoms with E-state index in [-0.39, 0.29) is 11.0 Å². The molecule has 0 amide bonds. The molecule has 1 aliphatic carbocycles. The molecule has 0 saturated heterocycles. The maximum Gasteiger partial charge on any atom is -0.00519 e. The molecule has 0 aromatic rings. The van der Waals surface area contributed by atoms with Gasteiger partial charge >= 0.3 is 0 Å². The number of hydrogen-bond acceptors (Lipinski definition) is 1. The summed E-state index contributed by atoms with van der Waals surface area (Å²) in [4.78, 5) is 0. The highest BCUT2D eigenvalue weighted by atomic mass is 16.0. The van der Waals surface area contributed by atoms with Gasteiger partial charge in [0.2, 0.25) is 0 Å². The largest absolute Gasteiger partial charge is 0.412 e. The van der Waals surface area contributed by atoms with Gasteiger partial charge in [0.05, 0.1) is 0 Å². The van der Waals surface area contributed by atoms with Gasteiger partial charge in [0.1, 0.15) is 0 Å². The number of nitrogens with one attached hydrogen (secondary N) is 1. The fourth-order valence-electron chi connectivity index (χ4n) is 1.61. The average molecular weight is 251 g/mol. The Kier molecular flexibility index (Phi) is 44.8. The minimum Gasteiger partial charge on any atom is -0.412 e. The summed E-state index contributed by atoms with van der Waals surface area (Å²) in [5.41, 5.74) is 0. The van der Waals surface area contributed by atoms with E-state index in [9.17, 15) is 0 Å². The lowest BCUT2D eigenvalue weighted by molar-refractivity contribution is 0.504. The van der Waals surface area contributed by atoms with Gasteiger partial charge in [0, 0.05) is 0 Å². The molecule has 0 bridgehead atoms. The van der Waals surface area contributed by atoms with E-state index < -0.39 is 0 Å². The van der Waals surface area contributed by atoms with Crippen molar-refractivity contribution in [2.45, 2.75) is 78.6 Å². The van der Waals surface area contributed by atoms with E-state index >= 15 is 0 Å². The molecule has 5 N–H and O–H groups in total. The molecule has 0 aliphatic heterocycles. The standard InChI is InChI=1S/C6H15N.C6H12.C2H6.2H2O/c1-3-4-5-6-7-2;1-2-4-6-5-3-1;1-2;;/h7H,3-6H2,1-2H3;1-6H2;1-2H3;2*1H2. The molecular weight excluding hydrogens is 214 g/mol. The highest BCUT2D eigenvalue weighted by molar-refractivity contribution is 4.51. The van der Waals surface area contributed by atoms with E-state index in [2.05, 4.69) is 12.2 Å². The Bertz CT molecular complexity index is 70.8. The number of hydrogen-bond donors (Lipinski definition) is 1. The molecule has 0 aromatic heterocycles. The molecule has 110 valence electrons. The van der Waals surface area contributed by atoms with Crippen LogP contribution in [-0.2, 0) is 0 Å². The first kappa shape index (κ1) is 25.7. The van der Waals surface area contributed by atoms with Crippen LogP contribution in [0.4, 0.5) is 0 Å². The fourth-order valence-corrected chi connectivity index (χ4v) is 1.61. The van der Waals surface area contributed by atoms with Crippen LogP contribution in [0, 0.1) is 0 Å². The quantitative estimate of drug-likeness (QED) is 0.766. The van der Waals surface area contributed by atoms with Crippen molar-refractivity contribution in [3.63, 3.8) is 0 Å². The Hall–Kier alpha value is -0.120. The average Bonchev–Trinajstić information content (AvgIpc) is 2.35. The van der Waals surface area contributed by atoms with E-state index in [0.29, 0.717) is 0 Å². The first-order chi connectivity index (χ1) is 7.41. The maximum absolute atomic E-state index is 3.10. The van der Waals surface area contributed by atoms with Crippen LogP contribution in [-0.4, -0.2) is 24.5 Å². The molecule has 1 aliphatic rings. The van der Waals surface area contributed by atoms with Gasteiger partial charge in [-0.1, -0.05) is 72.1 Å². The molecule has 0 spiro atoms. The molecule has 17 heavy (non-hydrogen) atoms. The van der Waals surface area contributed by atoms with Gasteiger partial charge in [0.25, 0.3) is 0 Å². The monoisotopic (exact) mass is 251 g/mol. The van der Waals surface area contributed by atoms with Gasteiger partial charge in [0.15, 0.2) is 0 Å². The summed E-state index contributed by atoms with van der Waals surface area (Å²) < 4.78 is 0.